The molecule has 0 saturated heterocycles. The van der Waals surface area contributed by atoms with Gasteiger partial charge in [0.25, 0.3) is 0 Å². The topological polar surface area (TPSA) is 55.1 Å². The van der Waals surface area contributed by atoms with Crippen LogP contribution in [-0.4, -0.2) is 12.5 Å². The lowest BCUT2D eigenvalue weighted by molar-refractivity contribution is -0.124. The molecule has 0 atom stereocenters. The van der Waals surface area contributed by atoms with Crippen LogP contribution in [-0.2, 0) is 4.79 Å². The van der Waals surface area contributed by atoms with Gasteiger partial charge >= 0.3 is 0 Å². The Morgan fingerprint density at radius 1 is 1.28 bits per heavy atom. The Kier molecular flexibility index (Phi) is 4.15. The maximum Gasteiger partial charge on any atom is 0.231 e. The summed E-state index contributed by atoms with van der Waals surface area (Å²) in [5.74, 6) is -0.0718. The highest BCUT2D eigenvalue weighted by atomic mass is 35.5. The molecule has 0 radical (unpaired) electrons. The molecule has 1 saturated carbocycles. The van der Waals surface area contributed by atoms with Gasteiger partial charge in [0.15, 0.2) is 0 Å². The van der Waals surface area contributed by atoms with Gasteiger partial charge in [0.1, 0.15) is 0 Å². The zero-order valence-electron chi connectivity index (χ0n) is 10.0. The SMILES string of the molecule is NCC1(C(=O)Nc2c(Cl)cccc2Cl)CCCC1. The average molecular weight is 287 g/mol. The summed E-state index contributed by atoms with van der Waals surface area (Å²) in [4.78, 5) is 12.4. The quantitative estimate of drug-likeness (QED) is 0.894. The van der Waals surface area contributed by atoms with Crippen molar-refractivity contribution in [1.82, 2.24) is 0 Å². The van der Waals surface area contributed by atoms with Crippen LogP contribution in [0.4, 0.5) is 5.69 Å². The summed E-state index contributed by atoms with van der Waals surface area (Å²) in [7, 11) is 0. The van der Waals surface area contributed by atoms with Crippen LogP contribution in [0.15, 0.2) is 18.2 Å². The molecule has 1 aromatic rings. The van der Waals surface area contributed by atoms with Crippen LogP contribution in [0.3, 0.4) is 0 Å². The summed E-state index contributed by atoms with van der Waals surface area (Å²) in [5, 5.41) is 3.72. The second-order valence-corrected chi connectivity index (χ2v) is 5.56. The molecular weight excluding hydrogens is 271 g/mol. The molecule has 1 aromatic carbocycles. The van der Waals surface area contributed by atoms with Gasteiger partial charge < -0.3 is 11.1 Å². The predicted octanol–water partition coefficient (Wildman–Crippen LogP) is 3.45. The molecule has 0 aromatic heterocycles. The molecule has 0 bridgehead atoms. The first-order valence-corrected chi connectivity index (χ1v) is 6.80. The molecule has 98 valence electrons. The molecule has 18 heavy (non-hydrogen) atoms. The summed E-state index contributed by atoms with van der Waals surface area (Å²) in [6, 6.07) is 5.15. The molecule has 1 fully saturated rings. The molecule has 2 rings (SSSR count). The Morgan fingerprint density at radius 2 is 1.83 bits per heavy atom. The monoisotopic (exact) mass is 286 g/mol. The molecule has 0 aliphatic heterocycles. The fraction of sp³-hybridized carbons (Fsp3) is 0.462. The van der Waals surface area contributed by atoms with Gasteiger partial charge in [0.2, 0.25) is 5.91 Å². The number of hydrogen-bond donors (Lipinski definition) is 2. The predicted molar refractivity (Wildman–Crippen MR) is 75.0 cm³/mol. The van der Waals surface area contributed by atoms with E-state index >= 15 is 0 Å². The highest BCUT2D eigenvalue weighted by Crippen LogP contribution is 2.39. The molecule has 1 aliphatic carbocycles. The fourth-order valence-electron chi connectivity index (χ4n) is 2.44. The standard InChI is InChI=1S/C13H16Cl2N2O/c14-9-4-3-5-10(15)11(9)17-12(18)13(8-16)6-1-2-7-13/h3-5H,1-2,6-8,16H2,(H,17,18). The fourth-order valence-corrected chi connectivity index (χ4v) is 2.93. The van der Waals surface area contributed by atoms with E-state index in [2.05, 4.69) is 5.32 Å². The van der Waals surface area contributed by atoms with Crippen molar-refractivity contribution < 1.29 is 4.79 Å². The third-order valence-corrected chi connectivity index (χ3v) is 4.26. The van der Waals surface area contributed by atoms with Crippen molar-refractivity contribution in [3.05, 3.63) is 28.2 Å². The number of halogens is 2. The number of amides is 1. The maximum absolute atomic E-state index is 12.4. The van der Waals surface area contributed by atoms with Gasteiger partial charge in [0, 0.05) is 6.54 Å². The number of anilines is 1. The second-order valence-electron chi connectivity index (χ2n) is 4.74. The van der Waals surface area contributed by atoms with Crippen molar-refractivity contribution >= 4 is 34.8 Å². The van der Waals surface area contributed by atoms with Crippen LogP contribution in [0.25, 0.3) is 0 Å². The Labute approximate surface area is 117 Å². The van der Waals surface area contributed by atoms with Gasteiger partial charge in [-0.3, -0.25) is 4.79 Å². The van der Waals surface area contributed by atoms with E-state index < -0.39 is 5.41 Å². The Morgan fingerprint density at radius 3 is 2.33 bits per heavy atom. The summed E-state index contributed by atoms with van der Waals surface area (Å²) in [6.45, 7) is 0.362. The van der Waals surface area contributed by atoms with Crippen LogP contribution in [0.5, 0.6) is 0 Å². The number of rotatable bonds is 3. The lowest BCUT2D eigenvalue weighted by atomic mass is 9.85. The first-order valence-electron chi connectivity index (χ1n) is 6.05. The number of carbonyl (C=O) groups excluding carboxylic acids is 1. The summed E-state index contributed by atoms with van der Waals surface area (Å²) in [6.07, 6.45) is 3.75. The van der Waals surface area contributed by atoms with E-state index in [4.69, 9.17) is 28.9 Å². The molecular formula is C13H16Cl2N2O. The second kappa shape index (κ2) is 5.47. The van der Waals surface area contributed by atoms with Crippen LogP contribution >= 0.6 is 23.2 Å². The Hall–Kier alpha value is -0.770. The number of hydrogen-bond acceptors (Lipinski definition) is 2. The first kappa shape index (κ1) is 13.7. The summed E-state index contributed by atoms with van der Waals surface area (Å²) < 4.78 is 0. The maximum atomic E-state index is 12.4. The number of benzene rings is 1. The summed E-state index contributed by atoms with van der Waals surface area (Å²) in [5.41, 5.74) is 5.79. The third-order valence-electron chi connectivity index (χ3n) is 3.63. The van der Waals surface area contributed by atoms with Crippen molar-refractivity contribution in [3.63, 3.8) is 0 Å². The Bertz CT molecular complexity index is 436. The number of nitrogens with one attached hydrogen (secondary N) is 1. The average Bonchev–Trinajstić information content (AvgIpc) is 2.84. The van der Waals surface area contributed by atoms with E-state index in [1.807, 2.05) is 0 Å². The van der Waals surface area contributed by atoms with Gasteiger partial charge in [-0.15, -0.1) is 0 Å². The van der Waals surface area contributed by atoms with Crippen molar-refractivity contribution in [2.45, 2.75) is 25.7 Å². The third kappa shape index (κ3) is 2.48. The molecule has 1 amide bonds. The van der Waals surface area contributed by atoms with Gasteiger partial charge in [0.05, 0.1) is 21.1 Å². The molecule has 0 unspecified atom stereocenters. The van der Waals surface area contributed by atoms with Crippen molar-refractivity contribution in [1.29, 1.82) is 0 Å². The van der Waals surface area contributed by atoms with Crippen LogP contribution < -0.4 is 11.1 Å². The van der Waals surface area contributed by atoms with Gasteiger partial charge in [-0.2, -0.15) is 0 Å². The van der Waals surface area contributed by atoms with Gasteiger partial charge in [-0.1, -0.05) is 42.1 Å². The zero-order valence-corrected chi connectivity index (χ0v) is 11.5. The van der Waals surface area contributed by atoms with E-state index in [9.17, 15) is 4.79 Å². The van der Waals surface area contributed by atoms with E-state index in [0.29, 0.717) is 22.3 Å². The van der Waals surface area contributed by atoms with Crippen LogP contribution in [0.1, 0.15) is 25.7 Å². The normalized spacial score (nSPS) is 17.7. The molecule has 0 spiro atoms. The van der Waals surface area contributed by atoms with E-state index in [1.54, 1.807) is 18.2 Å². The van der Waals surface area contributed by atoms with E-state index in [0.717, 1.165) is 25.7 Å². The van der Waals surface area contributed by atoms with Gasteiger partial charge in [-0.05, 0) is 25.0 Å². The number of carbonyl (C=O) groups is 1. The van der Waals surface area contributed by atoms with E-state index in [-0.39, 0.29) is 5.91 Å². The van der Waals surface area contributed by atoms with E-state index in [1.165, 1.54) is 0 Å². The summed E-state index contributed by atoms with van der Waals surface area (Å²) >= 11 is 12.1. The van der Waals surface area contributed by atoms with Crippen molar-refractivity contribution in [2.75, 3.05) is 11.9 Å². The minimum atomic E-state index is -0.456. The first-order chi connectivity index (χ1) is 8.59. The molecule has 3 nitrogen and oxygen atoms in total. The minimum Gasteiger partial charge on any atom is -0.329 e. The van der Waals surface area contributed by atoms with Crippen LogP contribution in [0, 0.1) is 5.41 Å². The minimum absolute atomic E-state index is 0.0718. The van der Waals surface area contributed by atoms with Gasteiger partial charge in [-0.25, -0.2) is 0 Å². The molecule has 0 heterocycles. The molecule has 5 heteroatoms. The largest absolute Gasteiger partial charge is 0.329 e. The molecule has 3 N–H and O–H groups in total. The smallest absolute Gasteiger partial charge is 0.231 e. The van der Waals surface area contributed by atoms with Crippen molar-refractivity contribution in [2.24, 2.45) is 11.1 Å². The highest BCUT2D eigenvalue weighted by molar-refractivity contribution is 6.39. The van der Waals surface area contributed by atoms with Crippen molar-refractivity contribution in [3.8, 4) is 0 Å². The molecule has 1 aliphatic rings. The lowest BCUT2D eigenvalue weighted by Gasteiger charge is -2.26. The number of nitrogens with two attached hydrogens (primary N) is 1. The zero-order chi connectivity index (χ0) is 13.2. The highest BCUT2D eigenvalue weighted by Gasteiger charge is 2.40. The number of para-hydroxylation sites is 1. The van der Waals surface area contributed by atoms with Crippen LogP contribution in [0.2, 0.25) is 10.0 Å². The lowest BCUT2D eigenvalue weighted by Crippen LogP contribution is -2.40. The Balaban J connectivity index is 2.21.